The van der Waals surface area contributed by atoms with Crippen LogP contribution in [0.25, 0.3) is 22.3 Å². The summed E-state index contributed by atoms with van der Waals surface area (Å²) >= 11 is 0. The lowest BCUT2D eigenvalue weighted by Gasteiger charge is -2.32. The molecule has 152 valence electrons. The van der Waals surface area contributed by atoms with E-state index in [-0.39, 0.29) is 0 Å². The van der Waals surface area contributed by atoms with E-state index in [2.05, 4.69) is 24.3 Å². The molecule has 31 heavy (non-hydrogen) atoms. The summed E-state index contributed by atoms with van der Waals surface area (Å²) in [6.07, 6.45) is 0. The maximum atomic E-state index is 9.16. The summed E-state index contributed by atoms with van der Waals surface area (Å²) in [5.74, 6) is 0. The first kappa shape index (κ1) is 20.9. The van der Waals surface area contributed by atoms with Gasteiger partial charge in [0.2, 0.25) is 0 Å². The van der Waals surface area contributed by atoms with Crippen LogP contribution in [0.15, 0.2) is 66.7 Å². The predicted molar refractivity (Wildman–Crippen MR) is 122 cm³/mol. The quantitative estimate of drug-likeness (QED) is 0.570. The normalized spacial score (nSPS) is 16.5. The molecule has 3 aromatic carbocycles. The van der Waals surface area contributed by atoms with Crippen LogP contribution in [0.1, 0.15) is 38.8 Å². The second-order valence-electron chi connectivity index (χ2n) is 8.77. The van der Waals surface area contributed by atoms with Gasteiger partial charge in [0.05, 0.1) is 34.5 Å². The zero-order valence-electron chi connectivity index (χ0n) is 18.1. The summed E-state index contributed by atoms with van der Waals surface area (Å²) in [6.45, 7) is 8.17. The Morgan fingerprint density at radius 1 is 0.645 bits per heavy atom. The molecule has 1 saturated heterocycles. The van der Waals surface area contributed by atoms with Gasteiger partial charge in [0, 0.05) is 0 Å². The lowest BCUT2D eigenvalue weighted by atomic mass is 9.76. The molecule has 0 unspecified atom stereocenters. The lowest BCUT2D eigenvalue weighted by molar-refractivity contribution is 0.00578. The molecule has 1 aliphatic rings. The first-order valence-electron chi connectivity index (χ1n) is 10.2. The average molecular weight is 406 g/mol. The fourth-order valence-corrected chi connectivity index (χ4v) is 3.63. The molecular weight excluding hydrogens is 383 g/mol. The molecule has 5 heteroatoms. The van der Waals surface area contributed by atoms with Gasteiger partial charge in [0.25, 0.3) is 0 Å². The lowest BCUT2D eigenvalue weighted by Crippen LogP contribution is -2.41. The van der Waals surface area contributed by atoms with Gasteiger partial charge >= 0.3 is 7.12 Å². The van der Waals surface area contributed by atoms with Crippen LogP contribution in [-0.4, -0.2) is 18.3 Å². The minimum Gasteiger partial charge on any atom is -0.399 e. The highest BCUT2D eigenvalue weighted by Crippen LogP contribution is 2.38. The molecule has 0 aromatic heterocycles. The Bertz CT molecular complexity index is 1180. The summed E-state index contributed by atoms with van der Waals surface area (Å²) in [7, 11) is -0.461. The van der Waals surface area contributed by atoms with E-state index in [1.54, 1.807) is 0 Å². The maximum absolute atomic E-state index is 9.16. The molecule has 1 aliphatic heterocycles. The largest absolute Gasteiger partial charge is 0.494 e. The molecular formula is C26H23BN2O2. The average Bonchev–Trinajstić information content (AvgIpc) is 3.00. The van der Waals surface area contributed by atoms with Crippen molar-refractivity contribution in [2.24, 2.45) is 0 Å². The molecule has 0 radical (unpaired) electrons. The predicted octanol–water partition coefficient (Wildman–Crippen LogP) is 5.06. The SMILES string of the molecule is CC1(C)OB(c2ccc(-c3ccc(C#N)cc3)c(-c3ccc(C#N)cc3)c2)OC1(C)C. The highest BCUT2D eigenvalue weighted by Gasteiger charge is 2.51. The maximum Gasteiger partial charge on any atom is 0.494 e. The Morgan fingerprint density at radius 3 is 1.55 bits per heavy atom. The first-order valence-corrected chi connectivity index (χ1v) is 10.2. The number of hydrogen-bond acceptors (Lipinski definition) is 4. The molecule has 1 heterocycles. The highest BCUT2D eigenvalue weighted by molar-refractivity contribution is 6.62. The monoisotopic (exact) mass is 406 g/mol. The van der Waals surface area contributed by atoms with Crippen molar-refractivity contribution in [1.82, 2.24) is 0 Å². The third kappa shape index (κ3) is 3.87. The van der Waals surface area contributed by atoms with Gasteiger partial charge < -0.3 is 9.31 Å². The summed E-state index contributed by atoms with van der Waals surface area (Å²) < 4.78 is 12.5. The van der Waals surface area contributed by atoms with E-state index >= 15 is 0 Å². The van der Waals surface area contributed by atoms with Gasteiger partial charge in [0.15, 0.2) is 0 Å². The topological polar surface area (TPSA) is 66.0 Å². The van der Waals surface area contributed by atoms with Crippen LogP contribution in [-0.2, 0) is 9.31 Å². The summed E-state index contributed by atoms with van der Waals surface area (Å²) in [4.78, 5) is 0. The Morgan fingerprint density at radius 2 is 1.10 bits per heavy atom. The number of nitriles is 2. The smallest absolute Gasteiger partial charge is 0.399 e. The van der Waals surface area contributed by atoms with E-state index in [0.29, 0.717) is 11.1 Å². The second-order valence-corrected chi connectivity index (χ2v) is 8.77. The van der Waals surface area contributed by atoms with Crippen molar-refractivity contribution in [3.8, 4) is 34.4 Å². The van der Waals surface area contributed by atoms with Crippen molar-refractivity contribution in [3.05, 3.63) is 77.9 Å². The standard InChI is InChI=1S/C26H23BN2O2/c1-25(2)26(3,4)31-27(30-25)22-13-14-23(20-9-5-18(16-28)6-10-20)24(15-22)21-11-7-19(17-29)8-12-21/h5-15H,1-4H3. The van der Waals surface area contributed by atoms with Gasteiger partial charge in [-0.05, 0) is 79.7 Å². The molecule has 1 fully saturated rings. The molecule has 0 atom stereocenters. The van der Waals surface area contributed by atoms with Crippen LogP contribution in [0.4, 0.5) is 0 Å². The van der Waals surface area contributed by atoms with Gasteiger partial charge in [-0.25, -0.2) is 0 Å². The summed E-state index contributed by atoms with van der Waals surface area (Å²) in [5.41, 5.74) is 5.40. The molecule has 0 N–H and O–H groups in total. The molecule has 0 amide bonds. The Kier molecular flexibility index (Phi) is 5.19. The third-order valence-electron chi connectivity index (χ3n) is 6.22. The van der Waals surface area contributed by atoms with E-state index in [9.17, 15) is 0 Å². The van der Waals surface area contributed by atoms with E-state index in [1.807, 2.05) is 82.3 Å². The number of nitrogens with zero attached hydrogens (tertiary/aromatic N) is 2. The van der Waals surface area contributed by atoms with E-state index in [0.717, 1.165) is 27.7 Å². The van der Waals surface area contributed by atoms with Gasteiger partial charge in [-0.1, -0.05) is 42.5 Å². The molecule has 4 rings (SSSR count). The van der Waals surface area contributed by atoms with Crippen LogP contribution < -0.4 is 5.46 Å². The van der Waals surface area contributed by atoms with Gasteiger partial charge in [-0.2, -0.15) is 10.5 Å². The van der Waals surface area contributed by atoms with Crippen LogP contribution in [0.2, 0.25) is 0 Å². The molecule has 0 spiro atoms. The molecule has 0 aliphatic carbocycles. The van der Waals surface area contributed by atoms with Crippen LogP contribution in [0.5, 0.6) is 0 Å². The van der Waals surface area contributed by atoms with Crippen molar-refractivity contribution >= 4 is 12.6 Å². The van der Waals surface area contributed by atoms with Crippen molar-refractivity contribution in [2.75, 3.05) is 0 Å². The van der Waals surface area contributed by atoms with Crippen molar-refractivity contribution < 1.29 is 9.31 Å². The zero-order chi connectivity index (χ0) is 22.2. The third-order valence-corrected chi connectivity index (χ3v) is 6.22. The van der Waals surface area contributed by atoms with Gasteiger partial charge in [-0.15, -0.1) is 0 Å². The number of rotatable bonds is 3. The minimum atomic E-state index is -0.461. The number of hydrogen-bond donors (Lipinski definition) is 0. The Balaban J connectivity index is 1.82. The van der Waals surface area contributed by atoms with Crippen LogP contribution >= 0.6 is 0 Å². The Hall–Kier alpha value is -3.38. The molecule has 4 nitrogen and oxygen atoms in total. The van der Waals surface area contributed by atoms with Crippen LogP contribution in [0, 0.1) is 22.7 Å². The molecule has 3 aromatic rings. The van der Waals surface area contributed by atoms with Crippen molar-refractivity contribution in [2.45, 2.75) is 38.9 Å². The van der Waals surface area contributed by atoms with E-state index in [1.165, 1.54) is 0 Å². The first-order chi connectivity index (χ1) is 14.7. The Labute approximate surface area is 183 Å². The molecule has 0 saturated carbocycles. The van der Waals surface area contributed by atoms with Crippen molar-refractivity contribution in [1.29, 1.82) is 10.5 Å². The fourth-order valence-electron chi connectivity index (χ4n) is 3.63. The van der Waals surface area contributed by atoms with Crippen molar-refractivity contribution in [3.63, 3.8) is 0 Å². The summed E-state index contributed by atoms with van der Waals surface area (Å²) in [6, 6.07) is 25.6. The van der Waals surface area contributed by atoms with Crippen LogP contribution in [0.3, 0.4) is 0 Å². The zero-order valence-corrected chi connectivity index (χ0v) is 18.1. The highest BCUT2D eigenvalue weighted by atomic mass is 16.7. The molecule has 0 bridgehead atoms. The van der Waals surface area contributed by atoms with Gasteiger partial charge in [0.1, 0.15) is 0 Å². The number of benzene rings is 3. The second kappa shape index (κ2) is 7.71. The fraction of sp³-hybridized carbons (Fsp3) is 0.231. The van der Waals surface area contributed by atoms with E-state index < -0.39 is 18.3 Å². The van der Waals surface area contributed by atoms with Gasteiger partial charge in [-0.3, -0.25) is 0 Å². The minimum absolute atomic E-state index is 0.419. The summed E-state index contributed by atoms with van der Waals surface area (Å²) in [5, 5.41) is 18.3. The van der Waals surface area contributed by atoms with E-state index in [4.69, 9.17) is 19.8 Å².